The number of non-ortho nitro benzene ring substituents is 1. The smallest absolute Gasteiger partial charge is 0.271 e. The maximum absolute atomic E-state index is 12.2. The van der Waals surface area contributed by atoms with Crippen LogP contribution in [0.2, 0.25) is 0 Å². The summed E-state index contributed by atoms with van der Waals surface area (Å²) in [6, 6.07) is 12.4. The molecule has 0 bridgehead atoms. The van der Waals surface area contributed by atoms with E-state index >= 15 is 0 Å². The van der Waals surface area contributed by atoms with E-state index in [4.69, 9.17) is 0 Å². The number of nitro groups is 1. The molecular weight excluding hydrogens is 348 g/mol. The topological polar surface area (TPSA) is 114 Å². The second kappa shape index (κ2) is 9.23. The number of rotatable bonds is 7. The van der Waals surface area contributed by atoms with Crippen molar-refractivity contribution in [3.8, 4) is 0 Å². The molecule has 0 aromatic heterocycles. The fraction of sp³-hybridized carbons (Fsp3) is 0.211. The molecule has 2 N–H and O–H groups in total. The van der Waals surface area contributed by atoms with Gasteiger partial charge in [-0.1, -0.05) is 6.92 Å². The SMILES string of the molecule is CCCC(=O)Nc1ccc(C(=O)N/N=C(/C)c2ccc([N+](=O)[O-])cc2)cc1. The zero-order valence-electron chi connectivity index (χ0n) is 15.1. The minimum absolute atomic E-state index is 0.0123. The number of hydrogen-bond acceptors (Lipinski definition) is 5. The molecule has 2 rings (SSSR count). The molecule has 0 atom stereocenters. The molecule has 0 radical (unpaired) electrons. The molecule has 8 heteroatoms. The quantitative estimate of drug-likeness (QED) is 0.442. The lowest BCUT2D eigenvalue weighted by Gasteiger charge is -2.06. The Kier molecular flexibility index (Phi) is 6.76. The van der Waals surface area contributed by atoms with Crippen LogP contribution in [0.15, 0.2) is 53.6 Å². The van der Waals surface area contributed by atoms with Gasteiger partial charge in [-0.25, -0.2) is 5.43 Å². The lowest BCUT2D eigenvalue weighted by Crippen LogP contribution is -2.19. The van der Waals surface area contributed by atoms with Gasteiger partial charge in [0.25, 0.3) is 11.6 Å². The molecule has 8 nitrogen and oxygen atoms in total. The summed E-state index contributed by atoms with van der Waals surface area (Å²) >= 11 is 0. The molecular formula is C19H20N4O4. The van der Waals surface area contributed by atoms with Crippen molar-refractivity contribution in [1.82, 2.24) is 5.43 Å². The van der Waals surface area contributed by atoms with Crippen molar-refractivity contribution in [2.24, 2.45) is 5.10 Å². The van der Waals surface area contributed by atoms with Crippen LogP contribution in [0.4, 0.5) is 11.4 Å². The van der Waals surface area contributed by atoms with Crippen LogP contribution in [-0.4, -0.2) is 22.4 Å². The van der Waals surface area contributed by atoms with E-state index in [2.05, 4.69) is 15.8 Å². The molecule has 0 aliphatic carbocycles. The van der Waals surface area contributed by atoms with Crippen molar-refractivity contribution >= 4 is 28.9 Å². The number of carbonyl (C=O) groups excluding carboxylic acids is 2. The van der Waals surface area contributed by atoms with Crippen LogP contribution >= 0.6 is 0 Å². The number of hydrogen-bond donors (Lipinski definition) is 2. The van der Waals surface area contributed by atoms with Crippen molar-refractivity contribution in [2.75, 3.05) is 5.32 Å². The normalized spacial score (nSPS) is 11.0. The number of hydrazone groups is 1. The van der Waals surface area contributed by atoms with Crippen molar-refractivity contribution in [3.63, 3.8) is 0 Å². The van der Waals surface area contributed by atoms with E-state index in [0.29, 0.717) is 28.9 Å². The first kappa shape index (κ1) is 19.8. The summed E-state index contributed by atoms with van der Waals surface area (Å²) < 4.78 is 0. The number of carbonyl (C=O) groups is 2. The van der Waals surface area contributed by atoms with Crippen molar-refractivity contribution in [3.05, 3.63) is 69.8 Å². The zero-order chi connectivity index (χ0) is 19.8. The summed E-state index contributed by atoms with van der Waals surface area (Å²) in [4.78, 5) is 33.9. The van der Waals surface area contributed by atoms with Crippen LogP contribution in [-0.2, 0) is 4.79 Å². The van der Waals surface area contributed by atoms with Gasteiger partial charge < -0.3 is 5.32 Å². The van der Waals surface area contributed by atoms with Gasteiger partial charge in [0.05, 0.1) is 10.6 Å². The maximum Gasteiger partial charge on any atom is 0.271 e. The summed E-state index contributed by atoms with van der Waals surface area (Å²) in [6.45, 7) is 3.61. The predicted octanol–water partition coefficient (Wildman–Crippen LogP) is 3.49. The first-order valence-corrected chi connectivity index (χ1v) is 8.40. The Morgan fingerprint density at radius 2 is 1.63 bits per heavy atom. The highest BCUT2D eigenvalue weighted by molar-refractivity contribution is 6.01. The first-order valence-electron chi connectivity index (χ1n) is 8.40. The van der Waals surface area contributed by atoms with E-state index in [1.807, 2.05) is 6.92 Å². The molecule has 27 heavy (non-hydrogen) atoms. The number of anilines is 1. The lowest BCUT2D eigenvalue weighted by atomic mass is 10.1. The molecule has 140 valence electrons. The predicted molar refractivity (Wildman–Crippen MR) is 103 cm³/mol. The molecule has 2 aromatic carbocycles. The van der Waals surface area contributed by atoms with Crippen LogP contribution in [0.1, 0.15) is 42.6 Å². The van der Waals surface area contributed by atoms with Crippen molar-refractivity contribution in [1.29, 1.82) is 0 Å². The lowest BCUT2D eigenvalue weighted by molar-refractivity contribution is -0.384. The van der Waals surface area contributed by atoms with Gasteiger partial charge in [0.1, 0.15) is 0 Å². The van der Waals surface area contributed by atoms with Crippen LogP contribution in [0.5, 0.6) is 0 Å². The fourth-order valence-corrected chi connectivity index (χ4v) is 2.24. The largest absolute Gasteiger partial charge is 0.326 e. The molecule has 0 heterocycles. The Labute approximate surface area is 156 Å². The summed E-state index contributed by atoms with van der Waals surface area (Å²) in [7, 11) is 0. The Morgan fingerprint density at radius 3 is 2.19 bits per heavy atom. The summed E-state index contributed by atoms with van der Waals surface area (Å²) in [5, 5.41) is 17.4. The Bertz CT molecular complexity index is 858. The van der Waals surface area contributed by atoms with Gasteiger partial charge in [-0.15, -0.1) is 0 Å². The molecule has 2 amide bonds. The van der Waals surface area contributed by atoms with Crippen LogP contribution in [0.25, 0.3) is 0 Å². The zero-order valence-corrected chi connectivity index (χ0v) is 15.1. The van der Waals surface area contributed by atoms with Gasteiger partial charge in [-0.2, -0.15) is 5.10 Å². The summed E-state index contributed by atoms with van der Waals surface area (Å²) in [5.41, 5.74) is 4.62. The van der Waals surface area contributed by atoms with Crippen molar-refractivity contribution in [2.45, 2.75) is 26.7 Å². The third-order valence-electron chi connectivity index (χ3n) is 3.73. The highest BCUT2D eigenvalue weighted by Gasteiger charge is 2.08. The average Bonchev–Trinajstić information content (AvgIpc) is 2.66. The molecule has 0 aliphatic heterocycles. The number of nitrogens with one attached hydrogen (secondary N) is 2. The van der Waals surface area contributed by atoms with E-state index < -0.39 is 10.8 Å². The van der Waals surface area contributed by atoms with Gasteiger partial charge in [0, 0.05) is 29.8 Å². The second-order valence-electron chi connectivity index (χ2n) is 5.82. The Morgan fingerprint density at radius 1 is 1.04 bits per heavy atom. The molecule has 0 fully saturated rings. The fourth-order valence-electron chi connectivity index (χ4n) is 2.24. The molecule has 0 unspecified atom stereocenters. The van der Waals surface area contributed by atoms with Crippen LogP contribution in [0.3, 0.4) is 0 Å². The van der Waals surface area contributed by atoms with Crippen LogP contribution < -0.4 is 10.7 Å². The summed E-state index contributed by atoms with van der Waals surface area (Å²) in [5.74, 6) is -0.472. The van der Waals surface area contributed by atoms with Gasteiger partial charge in [-0.3, -0.25) is 19.7 Å². The van der Waals surface area contributed by atoms with E-state index in [9.17, 15) is 19.7 Å². The number of amides is 2. The van der Waals surface area contributed by atoms with E-state index in [1.165, 1.54) is 12.1 Å². The van der Waals surface area contributed by atoms with E-state index in [-0.39, 0.29) is 11.6 Å². The number of benzene rings is 2. The third-order valence-corrected chi connectivity index (χ3v) is 3.73. The minimum Gasteiger partial charge on any atom is -0.326 e. The standard InChI is InChI=1S/C19H20N4O4/c1-3-4-18(24)20-16-9-5-15(6-10-16)19(25)22-21-13(2)14-7-11-17(12-8-14)23(26)27/h5-12H,3-4H2,1-2H3,(H,20,24)(H,22,25)/b21-13-. The highest BCUT2D eigenvalue weighted by atomic mass is 16.6. The van der Waals surface area contributed by atoms with Gasteiger partial charge >= 0.3 is 0 Å². The van der Waals surface area contributed by atoms with Crippen molar-refractivity contribution < 1.29 is 14.5 Å². The van der Waals surface area contributed by atoms with E-state index in [1.54, 1.807) is 43.3 Å². The summed E-state index contributed by atoms with van der Waals surface area (Å²) in [6.07, 6.45) is 1.21. The van der Waals surface area contributed by atoms with Gasteiger partial charge in [-0.05, 0) is 55.3 Å². The second-order valence-corrected chi connectivity index (χ2v) is 5.82. The maximum atomic E-state index is 12.2. The molecule has 0 spiro atoms. The molecule has 2 aromatic rings. The van der Waals surface area contributed by atoms with Crippen LogP contribution in [0, 0.1) is 10.1 Å². The minimum atomic E-state index is -0.480. The van der Waals surface area contributed by atoms with E-state index in [0.717, 1.165) is 6.42 Å². The third kappa shape index (κ3) is 5.74. The Hall–Kier alpha value is -3.55. The Balaban J connectivity index is 1.98. The number of nitrogens with zero attached hydrogens (tertiary/aromatic N) is 2. The first-order chi connectivity index (χ1) is 12.9. The molecule has 0 saturated heterocycles. The molecule has 0 saturated carbocycles. The average molecular weight is 368 g/mol. The van der Waals surface area contributed by atoms with Gasteiger partial charge in [0.2, 0.25) is 5.91 Å². The van der Waals surface area contributed by atoms with Gasteiger partial charge in [0.15, 0.2) is 0 Å². The highest BCUT2D eigenvalue weighted by Crippen LogP contribution is 2.13. The number of nitro benzene ring substituents is 1. The monoisotopic (exact) mass is 368 g/mol. The molecule has 0 aliphatic rings.